The Morgan fingerprint density at radius 2 is 1.22 bits per heavy atom. The molecular formula is C25H41N3O2Si2. The maximum Gasteiger partial charge on any atom is 0.341 e. The van der Waals surface area contributed by atoms with Gasteiger partial charge in [-0.25, -0.2) is 14.8 Å². The number of aromatic nitrogens is 2. The number of hydrogen-bond donors (Lipinski definition) is 1. The van der Waals surface area contributed by atoms with Crippen LogP contribution in [0.4, 0.5) is 11.6 Å². The summed E-state index contributed by atoms with van der Waals surface area (Å²) in [5.41, 5.74) is 1.44. The van der Waals surface area contributed by atoms with Crippen molar-refractivity contribution in [3.63, 3.8) is 0 Å². The topological polar surface area (TPSA) is 64.1 Å². The molecule has 0 bridgehead atoms. The molecule has 1 N–H and O–H groups in total. The molecule has 1 aromatic carbocycles. The van der Waals surface area contributed by atoms with E-state index in [4.69, 9.17) is 4.74 Å². The van der Waals surface area contributed by atoms with E-state index in [2.05, 4.69) is 75.0 Å². The van der Waals surface area contributed by atoms with Gasteiger partial charge in [0.05, 0.1) is 28.3 Å². The molecule has 0 saturated carbocycles. The molecule has 0 spiro atoms. The summed E-state index contributed by atoms with van der Waals surface area (Å²) >= 11 is 0. The molecule has 0 aliphatic heterocycles. The van der Waals surface area contributed by atoms with Gasteiger partial charge in [-0.2, -0.15) is 0 Å². The van der Waals surface area contributed by atoms with Gasteiger partial charge >= 0.3 is 5.97 Å². The minimum absolute atomic E-state index is 0.338. The highest BCUT2D eigenvalue weighted by atomic mass is 28.3. The predicted octanol–water partition coefficient (Wildman–Crippen LogP) is 5.83. The lowest BCUT2D eigenvalue weighted by atomic mass is 10.3. The van der Waals surface area contributed by atoms with Crippen molar-refractivity contribution >= 4 is 44.1 Å². The summed E-state index contributed by atoms with van der Waals surface area (Å²) in [5, 5.41) is 6.55. The van der Waals surface area contributed by atoms with Crippen LogP contribution in [0.2, 0.25) is 36.3 Å². The molecular weight excluding hydrogens is 430 g/mol. The van der Waals surface area contributed by atoms with Crippen LogP contribution in [0.25, 0.3) is 0 Å². The Morgan fingerprint density at radius 3 is 1.59 bits per heavy atom. The van der Waals surface area contributed by atoms with Crippen molar-refractivity contribution in [3.8, 4) is 0 Å². The van der Waals surface area contributed by atoms with Crippen LogP contribution in [0.1, 0.15) is 58.8 Å². The van der Waals surface area contributed by atoms with Crippen LogP contribution in [-0.2, 0) is 4.74 Å². The summed E-state index contributed by atoms with van der Waals surface area (Å²) in [6, 6.07) is 14.8. The number of nitrogens with one attached hydrogen (secondary N) is 1. The molecule has 2 rings (SSSR count). The highest BCUT2D eigenvalue weighted by molar-refractivity contribution is 6.94. The molecule has 0 saturated heterocycles. The smallest absolute Gasteiger partial charge is 0.341 e. The van der Waals surface area contributed by atoms with E-state index in [9.17, 15) is 4.79 Å². The lowest BCUT2D eigenvalue weighted by Gasteiger charge is -2.34. The Kier molecular flexibility index (Phi) is 9.64. The van der Waals surface area contributed by atoms with E-state index in [0.29, 0.717) is 18.1 Å². The molecule has 0 aliphatic rings. The van der Waals surface area contributed by atoms with Crippen LogP contribution in [0.15, 0.2) is 30.6 Å². The van der Waals surface area contributed by atoms with Gasteiger partial charge in [0.15, 0.2) is 0 Å². The third kappa shape index (κ3) is 5.49. The van der Waals surface area contributed by atoms with Crippen molar-refractivity contribution < 1.29 is 9.53 Å². The number of carbonyl (C=O) groups is 1. The molecule has 0 amide bonds. The Bertz CT molecular complexity index is 824. The summed E-state index contributed by atoms with van der Waals surface area (Å²) in [6.07, 6.45) is 3.06. The van der Waals surface area contributed by atoms with Crippen molar-refractivity contribution in [2.24, 2.45) is 0 Å². The summed E-state index contributed by atoms with van der Waals surface area (Å²) in [6.45, 7) is 16.3. The minimum Gasteiger partial charge on any atom is -0.462 e. The van der Waals surface area contributed by atoms with Gasteiger partial charge in [0.25, 0.3) is 0 Å². The number of carbonyl (C=O) groups excluding carboxylic acids is 1. The molecule has 0 aliphatic carbocycles. The largest absolute Gasteiger partial charge is 0.462 e. The number of rotatable bonds is 12. The molecule has 0 fully saturated rings. The second-order valence-electron chi connectivity index (χ2n) is 8.62. The summed E-state index contributed by atoms with van der Waals surface area (Å²) in [4.78, 5) is 20.7. The standard InChI is InChI=1S/C25H41N3O2Si2/c1-8-30-24(29)20-18-26-25(27-19-20)28-21-15-22(31(9-2,10-3)11-4)17-23(16-21)32(12-5,13-6)14-7/h15-19H,8-14H2,1-7H3,(H,26,27,28). The zero-order valence-electron chi connectivity index (χ0n) is 21.0. The van der Waals surface area contributed by atoms with Gasteiger partial charge in [0.1, 0.15) is 0 Å². The normalized spacial score (nSPS) is 12.0. The summed E-state index contributed by atoms with van der Waals surface area (Å²) in [5.74, 6) is 0.118. The molecule has 2 aromatic rings. The molecule has 1 aromatic heterocycles. The Labute approximate surface area is 196 Å². The van der Waals surface area contributed by atoms with Gasteiger partial charge in [-0.1, -0.05) is 94.2 Å². The highest BCUT2D eigenvalue weighted by Gasteiger charge is 2.34. The van der Waals surface area contributed by atoms with E-state index in [0.717, 1.165) is 5.69 Å². The maximum absolute atomic E-state index is 11.9. The molecule has 32 heavy (non-hydrogen) atoms. The predicted molar refractivity (Wildman–Crippen MR) is 141 cm³/mol. The van der Waals surface area contributed by atoms with Gasteiger partial charge in [-0.3, -0.25) is 0 Å². The van der Waals surface area contributed by atoms with Gasteiger partial charge in [0, 0.05) is 18.1 Å². The molecule has 0 unspecified atom stereocenters. The molecule has 5 nitrogen and oxygen atoms in total. The quantitative estimate of drug-likeness (QED) is 0.312. The number of esters is 1. The summed E-state index contributed by atoms with van der Waals surface area (Å²) in [7, 11) is -3.09. The fourth-order valence-electron chi connectivity index (χ4n) is 4.88. The zero-order valence-corrected chi connectivity index (χ0v) is 23.0. The molecule has 176 valence electrons. The molecule has 7 heteroatoms. The second-order valence-corrected chi connectivity index (χ2v) is 19.1. The first-order valence-corrected chi connectivity index (χ1v) is 17.5. The zero-order chi connectivity index (χ0) is 23.8. The SMILES string of the molecule is CCOC(=O)c1cnc(Nc2cc([Si](CC)(CC)CC)cc([Si](CC)(CC)CC)c2)nc1. The fourth-order valence-corrected chi connectivity index (χ4v) is 12.3. The third-order valence-corrected chi connectivity index (χ3v) is 18.8. The van der Waals surface area contributed by atoms with Gasteiger partial charge < -0.3 is 10.1 Å². The van der Waals surface area contributed by atoms with Crippen LogP contribution in [-0.4, -0.2) is 38.7 Å². The van der Waals surface area contributed by atoms with Gasteiger partial charge in [0.2, 0.25) is 5.95 Å². The average molecular weight is 472 g/mol. The van der Waals surface area contributed by atoms with E-state index in [1.54, 1.807) is 17.3 Å². The first-order valence-electron chi connectivity index (χ1n) is 12.3. The molecule has 1 heterocycles. The number of ether oxygens (including phenoxy) is 1. The Morgan fingerprint density at radius 1 is 0.781 bits per heavy atom. The number of hydrogen-bond acceptors (Lipinski definition) is 5. The van der Waals surface area contributed by atoms with E-state index in [-0.39, 0.29) is 0 Å². The lowest BCUT2D eigenvalue weighted by Crippen LogP contribution is -2.52. The molecule has 0 radical (unpaired) electrons. The lowest BCUT2D eigenvalue weighted by molar-refractivity contribution is 0.0525. The van der Waals surface area contributed by atoms with Crippen molar-refractivity contribution in [1.29, 1.82) is 0 Å². The monoisotopic (exact) mass is 471 g/mol. The Balaban J connectivity index is 2.53. The summed E-state index contributed by atoms with van der Waals surface area (Å²) < 4.78 is 5.04. The Hall–Kier alpha value is -2.00. The van der Waals surface area contributed by atoms with Crippen LogP contribution < -0.4 is 15.7 Å². The number of benzene rings is 1. The van der Waals surface area contributed by atoms with E-state index in [1.807, 2.05) is 0 Å². The second kappa shape index (κ2) is 11.7. The first-order chi connectivity index (χ1) is 15.4. The van der Waals surface area contributed by atoms with Crippen LogP contribution in [0.5, 0.6) is 0 Å². The number of nitrogens with zero attached hydrogens (tertiary/aromatic N) is 2. The van der Waals surface area contributed by atoms with Crippen molar-refractivity contribution in [2.45, 2.75) is 84.7 Å². The van der Waals surface area contributed by atoms with Gasteiger partial charge in [-0.15, -0.1) is 0 Å². The van der Waals surface area contributed by atoms with E-state index in [1.165, 1.54) is 48.7 Å². The van der Waals surface area contributed by atoms with Crippen LogP contribution in [0.3, 0.4) is 0 Å². The van der Waals surface area contributed by atoms with E-state index >= 15 is 0 Å². The van der Waals surface area contributed by atoms with Gasteiger partial charge in [-0.05, 0) is 19.1 Å². The average Bonchev–Trinajstić information content (AvgIpc) is 2.83. The fraction of sp³-hybridized carbons (Fsp3) is 0.560. The first kappa shape index (κ1) is 26.3. The van der Waals surface area contributed by atoms with Crippen LogP contribution in [0, 0.1) is 0 Å². The highest BCUT2D eigenvalue weighted by Crippen LogP contribution is 2.26. The molecule has 0 atom stereocenters. The van der Waals surface area contributed by atoms with Crippen molar-refractivity contribution in [2.75, 3.05) is 11.9 Å². The van der Waals surface area contributed by atoms with Crippen LogP contribution >= 0.6 is 0 Å². The van der Waals surface area contributed by atoms with Crippen molar-refractivity contribution in [3.05, 3.63) is 36.2 Å². The van der Waals surface area contributed by atoms with Crippen molar-refractivity contribution in [1.82, 2.24) is 9.97 Å². The maximum atomic E-state index is 11.9. The minimum atomic E-state index is -1.54. The third-order valence-electron chi connectivity index (χ3n) is 7.64. The number of anilines is 2. The van der Waals surface area contributed by atoms with E-state index < -0.39 is 22.1 Å².